The molecule has 0 radical (unpaired) electrons. The Balaban J connectivity index is 3.74. The third kappa shape index (κ3) is 7.73. The van der Waals surface area contributed by atoms with E-state index in [9.17, 15) is 13.2 Å². The molecule has 0 unspecified atom stereocenters. The summed E-state index contributed by atoms with van der Waals surface area (Å²) in [5, 5.41) is 8.22. The standard InChI is InChI=1S/C7H15NO4S/c1-2-3-4-5-13(11,12)8-6-7(9)10/h8H,2-6H2,1H3,(H,9,10). The number of unbranched alkanes of at least 4 members (excludes halogenated alkanes) is 2. The molecule has 0 heterocycles. The Hall–Kier alpha value is -0.620. The number of hydrogen-bond donors (Lipinski definition) is 2. The first-order valence-corrected chi connectivity index (χ1v) is 5.82. The van der Waals surface area contributed by atoms with Gasteiger partial charge in [0.15, 0.2) is 0 Å². The van der Waals surface area contributed by atoms with Gasteiger partial charge in [0, 0.05) is 0 Å². The lowest BCUT2D eigenvalue weighted by Crippen LogP contribution is -2.31. The minimum atomic E-state index is -3.38. The van der Waals surface area contributed by atoms with E-state index in [0.29, 0.717) is 6.42 Å². The van der Waals surface area contributed by atoms with Gasteiger partial charge in [-0.3, -0.25) is 4.79 Å². The Morgan fingerprint density at radius 1 is 1.38 bits per heavy atom. The van der Waals surface area contributed by atoms with Crippen LogP contribution in [0, 0.1) is 0 Å². The summed E-state index contributed by atoms with van der Waals surface area (Å²) >= 11 is 0. The Morgan fingerprint density at radius 3 is 2.46 bits per heavy atom. The molecule has 0 aromatic carbocycles. The summed E-state index contributed by atoms with van der Waals surface area (Å²) in [6.07, 6.45) is 2.36. The minimum Gasteiger partial charge on any atom is -0.480 e. The SMILES string of the molecule is CCCCCS(=O)(=O)NCC(=O)O. The molecule has 0 rings (SSSR count). The zero-order valence-corrected chi connectivity index (χ0v) is 8.43. The molecule has 0 bridgehead atoms. The van der Waals surface area contributed by atoms with E-state index < -0.39 is 22.5 Å². The third-order valence-electron chi connectivity index (χ3n) is 1.46. The first-order valence-electron chi connectivity index (χ1n) is 4.17. The summed E-state index contributed by atoms with van der Waals surface area (Å²) in [6, 6.07) is 0. The molecule has 0 spiro atoms. The maximum atomic E-state index is 11.0. The van der Waals surface area contributed by atoms with Gasteiger partial charge in [-0.15, -0.1) is 0 Å². The van der Waals surface area contributed by atoms with Gasteiger partial charge in [-0.1, -0.05) is 19.8 Å². The fourth-order valence-corrected chi connectivity index (χ4v) is 1.86. The van der Waals surface area contributed by atoms with E-state index in [2.05, 4.69) is 0 Å². The number of carboxylic acid groups (broad SMARTS) is 1. The van der Waals surface area contributed by atoms with Crippen molar-refractivity contribution in [2.24, 2.45) is 0 Å². The lowest BCUT2D eigenvalue weighted by molar-refractivity contribution is -0.135. The highest BCUT2D eigenvalue weighted by molar-refractivity contribution is 7.89. The average Bonchev–Trinajstić information content (AvgIpc) is 2.02. The Bertz CT molecular complexity index is 247. The molecule has 0 fully saturated rings. The van der Waals surface area contributed by atoms with E-state index in [1.807, 2.05) is 11.6 Å². The molecule has 0 atom stereocenters. The fourth-order valence-electron chi connectivity index (χ4n) is 0.786. The van der Waals surface area contributed by atoms with Crippen molar-refractivity contribution in [3.63, 3.8) is 0 Å². The summed E-state index contributed by atoms with van der Waals surface area (Å²) < 4.78 is 24.1. The second kappa shape index (κ2) is 5.93. The number of sulfonamides is 1. The summed E-state index contributed by atoms with van der Waals surface area (Å²) in [5.41, 5.74) is 0. The van der Waals surface area contributed by atoms with Crippen LogP contribution in [0.3, 0.4) is 0 Å². The number of aliphatic carboxylic acids is 1. The number of rotatable bonds is 7. The Morgan fingerprint density at radius 2 is 2.00 bits per heavy atom. The zero-order chi connectivity index (χ0) is 10.3. The molecule has 0 aromatic rings. The second-order valence-electron chi connectivity index (χ2n) is 2.74. The van der Waals surface area contributed by atoms with Gasteiger partial charge in [0.05, 0.1) is 5.75 Å². The monoisotopic (exact) mass is 209 g/mol. The highest BCUT2D eigenvalue weighted by Gasteiger charge is 2.10. The van der Waals surface area contributed by atoms with Gasteiger partial charge in [-0.25, -0.2) is 13.1 Å². The number of nitrogens with one attached hydrogen (secondary N) is 1. The predicted octanol–water partition coefficient (Wildman–Crippen LogP) is 0.181. The molecular weight excluding hydrogens is 194 g/mol. The fraction of sp³-hybridized carbons (Fsp3) is 0.857. The molecule has 0 saturated carbocycles. The maximum absolute atomic E-state index is 11.0. The first kappa shape index (κ1) is 12.4. The molecule has 0 aliphatic heterocycles. The molecule has 5 nitrogen and oxygen atoms in total. The van der Waals surface area contributed by atoms with E-state index in [1.165, 1.54) is 0 Å². The predicted molar refractivity (Wildman–Crippen MR) is 49.0 cm³/mol. The molecule has 2 N–H and O–H groups in total. The molecule has 0 aliphatic carbocycles. The quantitative estimate of drug-likeness (QED) is 0.586. The van der Waals surface area contributed by atoms with Gasteiger partial charge in [0.2, 0.25) is 10.0 Å². The molecule has 0 amide bonds. The summed E-state index contributed by atoms with van der Waals surface area (Å²) in [4.78, 5) is 10.0. The van der Waals surface area contributed by atoms with Gasteiger partial charge in [-0.05, 0) is 6.42 Å². The number of carbonyl (C=O) groups is 1. The van der Waals surface area contributed by atoms with Crippen LogP contribution in [0.5, 0.6) is 0 Å². The van der Waals surface area contributed by atoms with E-state index >= 15 is 0 Å². The first-order chi connectivity index (χ1) is 5.98. The van der Waals surface area contributed by atoms with Crippen LogP contribution in [0.1, 0.15) is 26.2 Å². The van der Waals surface area contributed by atoms with Crippen LogP contribution in [-0.2, 0) is 14.8 Å². The van der Waals surface area contributed by atoms with Crippen molar-refractivity contribution in [3.8, 4) is 0 Å². The van der Waals surface area contributed by atoms with Crippen molar-refractivity contribution >= 4 is 16.0 Å². The highest BCUT2D eigenvalue weighted by atomic mass is 32.2. The van der Waals surface area contributed by atoms with Gasteiger partial charge < -0.3 is 5.11 Å². The van der Waals surface area contributed by atoms with Gasteiger partial charge >= 0.3 is 5.97 Å². The number of hydrogen-bond acceptors (Lipinski definition) is 3. The molecule has 13 heavy (non-hydrogen) atoms. The van der Waals surface area contributed by atoms with Gasteiger partial charge in [-0.2, -0.15) is 0 Å². The smallest absolute Gasteiger partial charge is 0.318 e. The van der Waals surface area contributed by atoms with Crippen molar-refractivity contribution in [2.45, 2.75) is 26.2 Å². The van der Waals surface area contributed by atoms with Crippen LogP contribution in [0.4, 0.5) is 0 Å². The molecule has 78 valence electrons. The molecule has 0 aromatic heterocycles. The lowest BCUT2D eigenvalue weighted by Gasteiger charge is -2.02. The molecule has 0 aliphatic rings. The van der Waals surface area contributed by atoms with Crippen LogP contribution in [0.15, 0.2) is 0 Å². The third-order valence-corrected chi connectivity index (χ3v) is 2.87. The van der Waals surface area contributed by atoms with Crippen molar-refractivity contribution < 1.29 is 18.3 Å². The molecule has 0 saturated heterocycles. The van der Waals surface area contributed by atoms with Crippen molar-refractivity contribution in [2.75, 3.05) is 12.3 Å². The second-order valence-corrected chi connectivity index (χ2v) is 4.67. The zero-order valence-electron chi connectivity index (χ0n) is 7.62. The van der Waals surface area contributed by atoms with Crippen LogP contribution in [0.2, 0.25) is 0 Å². The topological polar surface area (TPSA) is 83.5 Å². The number of carboxylic acids is 1. The van der Waals surface area contributed by atoms with Crippen molar-refractivity contribution in [1.82, 2.24) is 4.72 Å². The summed E-state index contributed by atoms with van der Waals surface area (Å²) in [6.45, 7) is 1.44. The lowest BCUT2D eigenvalue weighted by atomic mass is 10.3. The summed E-state index contributed by atoms with van der Waals surface area (Å²) in [7, 11) is -3.38. The van der Waals surface area contributed by atoms with E-state index in [-0.39, 0.29) is 5.75 Å². The molecule has 6 heteroatoms. The summed E-state index contributed by atoms with van der Waals surface area (Å²) in [5.74, 6) is -1.16. The van der Waals surface area contributed by atoms with Crippen LogP contribution in [-0.4, -0.2) is 31.8 Å². The van der Waals surface area contributed by atoms with E-state index in [0.717, 1.165) is 12.8 Å². The van der Waals surface area contributed by atoms with Crippen LogP contribution in [0.25, 0.3) is 0 Å². The molecular formula is C7H15NO4S. The van der Waals surface area contributed by atoms with Gasteiger partial charge in [0.25, 0.3) is 0 Å². The Kier molecular flexibility index (Phi) is 5.65. The van der Waals surface area contributed by atoms with E-state index in [1.54, 1.807) is 0 Å². The normalized spacial score (nSPS) is 11.5. The van der Waals surface area contributed by atoms with Gasteiger partial charge in [0.1, 0.15) is 6.54 Å². The van der Waals surface area contributed by atoms with Crippen LogP contribution >= 0.6 is 0 Å². The highest BCUT2D eigenvalue weighted by Crippen LogP contribution is 1.97. The Labute approximate surface area is 78.2 Å². The largest absolute Gasteiger partial charge is 0.480 e. The van der Waals surface area contributed by atoms with E-state index in [4.69, 9.17) is 5.11 Å². The maximum Gasteiger partial charge on any atom is 0.318 e. The van der Waals surface area contributed by atoms with Crippen LogP contribution < -0.4 is 4.72 Å². The van der Waals surface area contributed by atoms with Crippen molar-refractivity contribution in [3.05, 3.63) is 0 Å². The van der Waals surface area contributed by atoms with Crippen molar-refractivity contribution in [1.29, 1.82) is 0 Å². The average molecular weight is 209 g/mol. The minimum absolute atomic E-state index is 0.00806.